The van der Waals surface area contributed by atoms with Gasteiger partial charge in [-0.2, -0.15) is 0 Å². The predicted octanol–water partition coefficient (Wildman–Crippen LogP) is 4.61. The molecule has 1 aliphatic heterocycles. The van der Waals surface area contributed by atoms with Crippen molar-refractivity contribution in [1.82, 2.24) is 15.8 Å². The molecule has 1 heterocycles. The quantitative estimate of drug-likeness (QED) is 0.401. The van der Waals surface area contributed by atoms with Crippen LogP contribution in [0.3, 0.4) is 0 Å². The topological polar surface area (TPSA) is 87.7 Å². The minimum atomic E-state index is -0.391. The van der Waals surface area contributed by atoms with Gasteiger partial charge in [0, 0.05) is 35.2 Å². The fourth-order valence-corrected chi connectivity index (χ4v) is 3.96. The standard InChI is InChI=1S/C26H32ClN3O4/c1-2-3-4-5-18-34-23-12-8-19(9-13-23)24(31)28-29-25(32)20-14-16-30(17-15-20)26(33)21-6-10-22(27)11-7-21/h6-13,20H,2-5,14-18H2,1H3,(H,28,31)(H,29,32). The molecule has 0 aromatic heterocycles. The van der Waals surface area contributed by atoms with E-state index in [9.17, 15) is 14.4 Å². The average molecular weight is 486 g/mol. The Morgan fingerprint density at radius 1 is 0.912 bits per heavy atom. The first-order valence-corrected chi connectivity index (χ1v) is 12.2. The van der Waals surface area contributed by atoms with E-state index in [1.807, 2.05) is 0 Å². The van der Waals surface area contributed by atoms with Gasteiger partial charge in [0.2, 0.25) is 5.91 Å². The number of hydrogen-bond donors (Lipinski definition) is 2. The summed E-state index contributed by atoms with van der Waals surface area (Å²) in [6, 6.07) is 13.6. The maximum atomic E-state index is 12.6. The Labute approximate surface area is 205 Å². The van der Waals surface area contributed by atoms with E-state index in [4.69, 9.17) is 16.3 Å². The number of amides is 3. The molecule has 182 valence electrons. The van der Waals surface area contributed by atoms with Crippen LogP contribution in [-0.4, -0.2) is 42.3 Å². The van der Waals surface area contributed by atoms with Crippen LogP contribution in [0.2, 0.25) is 5.02 Å². The van der Waals surface area contributed by atoms with Crippen molar-refractivity contribution >= 4 is 29.3 Å². The molecule has 3 rings (SSSR count). The summed E-state index contributed by atoms with van der Waals surface area (Å²) in [6.45, 7) is 3.79. The Morgan fingerprint density at radius 3 is 2.21 bits per heavy atom. The molecule has 1 saturated heterocycles. The number of hydrogen-bond acceptors (Lipinski definition) is 4. The molecule has 1 fully saturated rings. The molecule has 2 N–H and O–H groups in total. The molecule has 2 aromatic carbocycles. The van der Waals surface area contributed by atoms with Gasteiger partial charge in [-0.3, -0.25) is 25.2 Å². The van der Waals surface area contributed by atoms with Crippen molar-refractivity contribution in [3.63, 3.8) is 0 Å². The van der Waals surface area contributed by atoms with Crippen molar-refractivity contribution in [2.75, 3.05) is 19.7 Å². The molecule has 0 unspecified atom stereocenters. The number of halogens is 1. The molecule has 1 aliphatic rings. The van der Waals surface area contributed by atoms with Crippen molar-refractivity contribution in [2.45, 2.75) is 45.4 Å². The van der Waals surface area contributed by atoms with Gasteiger partial charge < -0.3 is 9.64 Å². The lowest BCUT2D eigenvalue weighted by molar-refractivity contribution is -0.127. The number of unbranched alkanes of at least 4 members (excludes halogenated alkanes) is 3. The summed E-state index contributed by atoms with van der Waals surface area (Å²) in [5, 5.41) is 0.580. The largest absolute Gasteiger partial charge is 0.494 e. The molecular weight excluding hydrogens is 454 g/mol. The molecule has 0 radical (unpaired) electrons. The molecule has 0 saturated carbocycles. The van der Waals surface area contributed by atoms with Gasteiger partial charge in [0.1, 0.15) is 5.75 Å². The van der Waals surface area contributed by atoms with Crippen molar-refractivity contribution in [2.24, 2.45) is 5.92 Å². The Balaban J connectivity index is 1.38. The lowest BCUT2D eigenvalue weighted by Gasteiger charge is -2.31. The third kappa shape index (κ3) is 7.48. The van der Waals surface area contributed by atoms with Gasteiger partial charge in [-0.25, -0.2) is 0 Å². The van der Waals surface area contributed by atoms with Crippen LogP contribution in [0.4, 0.5) is 0 Å². The number of hydrazine groups is 1. The van der Waals surface area contributed by atoms with Gasteiger partial charge in [-0.1, -0.05) is 37.8 Å². The molecule has 34 heavy (non-hydrogen) atoms. The zero-order valence-electron chi connectivity index (χ0n) is 19.5. The Bertz CT molecular complexity index is 955. The van der Waals surface area contributed by atoms with Crippen LogP contribution in [0.25, 0.3) is 0 Å². The van der Waals surface area contributed by atoms with Crippen molar-refractivity contribution in [3.05, 3.63) is 64.7 Å². The Kier molecular flexibility index (Phi) is 9.76. The first kappa shape index (κ1) is 25.6. The number of nitrogens with zero attached hydrogens (tertiary/aromatic N) is 1. The monoisotopic (exact) mass is 485 g/mol. The van der Waals surface area contributed by atoms with Gasteiger partial charge in [-0.15, -0.1) is 0 Å². The summed E-state index contributed by atoms with van der Waals surface area (Å²) >= 11 is 5.88. The number of rotatable bonds is 9. The van der Waals surface area contributed by atoms with E-state index in [0.717, 1.165) is 18.6 Å². The summed E-state index contributed by atoms with van der Waals surface area (Å²) in [6.07, 6.45) is 5.61. The second-order valence-corrected chi connectivity index (χ2v) is 8.89. The van der Waals surface area contributed by atoms with Gasteiger partial charge >= 0.3 is 0 Å². The van der Waals surface area contributed by atoms with E-state index >= 15 is 0 Å². The highest BCUT2D eigenvalue weighted by atomic mass is 35.5. The van der Waals surface area contributed by atoms with Crippen LogP contribution < -0.4 is 15.6 Å². The van der Waals surface area contributed by atoms with E-state index in [-0.39, 0.29) is 17.7 Å². The van der Waals surface area contributed by atoms with Crippen LogP contribution in [0.5, 0.6) is 5.75 Å². The van der Waals surface area contributed by atoms with Gasteiger partial charge in [0.25, 0.3) is 11.8 Å². The van der Waals surface area contributed by atoms with Crippen LogP contribution >= 0.6 is 11.6 Å². The number of ether oxygens (including phenoxy) is 1. The second-order valence-electron chi connectivity index (χ2n) is 8.45. The minimum Gasteiger partial charge on any atom is -0.494 e. The zero-order chi connectivity index (χ0) is 24.3. The van der Waals surface area contributed by atoms with Crippen LogP contribution in [-0.2, 0) is 4.79 Å². The summed E-state index contributed by atoms with van der Waals surface area (Å²) in [7, 11) is 0. The van der Waals surface area contributed by atoms with Gasteiger partial charge in [-0.05, 0) is 67.8 Å². The lowest BCUT2D eigenvalue weighted by Crippen LogP contribution is -2.48. The Morgan fingerprint density at radius 2 is 1.56 bits per heavy atom. The zero-order valence-corrected chi connectivity index (χ0v) is 20.3. The molecular formula is C26H32ClN3O4. The SMILES string of the molecule is CCCCCCOc1ccc(C(=O)NNC(=O)C2CCN(C(=O)c3ccc(Cl)cc3)CC2)cc1. The van der Waals surface area contributed by atoms with E-state index in [2.05, 4.69) is 17.8 Å². The first-order chi connectivity index (χ1) is 16.5. The molecule has 0 aliphatic carbocycles. The lowest BCUT2D eigenvalue weighted by atomic mass is 9.95. The molecule has 7 nitrogen and oxygen atoms in total. The van der Waals surface area contributed by atoms with Crippen LogP contribution in [0.1, 0.15) is 66.2 Å². The van der Waals surface area contributed by atoms with Crippen LogP contribution in [0, 0.1) is 5.92 Å². The summed E-state index contributed by atoms with van der Waals surface area (Å²) in [5.41, 5.74) is 6.00. The molecule has 8 heteroatoms. The average Bonchev–Trinajstić information content (AvgIpc) is 2.87. The number of carbonyl (C=O) groups excluding carboxylic acids is 3. The predicted molar refractivity (Wildman–Crippen MR) is 132 cm³/mol. The number of carbonyl (C=O) groups is 3. The number of benzene rings is 2. The molecule has 0 bridgehead atoms. The Hall–Kier alpha value is -3.06. The fraction of sp³-hybridized carbons (Fsp3) is 0.423. The maximum Gasteiger partial charge on any atom is 0.269 e. The van der Waals surface area contributed by atoms with E-state index in [1.165, 1.54) is 12.8 Å². The van der Waals surface area contributed by atoms with Gasteiger partial charge in [0.05, 0.1) is 6.61 Å². The molecule has 0 atom stereocenters. The van der Waals surface area contributed by atoms with Crippen molar-refractivity contribution in [3.8, 4) is 5.75 Å². The normalized spacial score (nSPS) is 13.9. The second kappa shape index (κ2) is 13.0. The summed E-state index contributed by atoms with van der Waals surface area (Å²) in [4.78, 5) is 39.2. The first-order valence-electron chi connectivity index (χ1n) is 11.9. The van der Waals surface area contributed by atoms with Crippen LogP contribution in [0.15, 0.2) is 48.5 Å². The van der Waals surface area contributed by atoms with Crippen molar-refractivity contribution < 1.29 is 19.1 Å². The third-order valence-electron chi connectivity index (χ3n) is 5.93. The number of likely N-dealkylation sites (tertiary alicyclic amines) is 1. The summed E-state index contributed by atoms with van der Waals surface area (Å²) in [5.74, 6) is -0.260. The minimum absolute atomic E-state index is 0.0720. The van der Waals surface area contributed by atoms with Crippen molar-refractivity contribution in [1.29, 1.82) is 0 Å². The highest BCUT2D eigenvalue weighted by molar-refractivity contribution is 6.30. The summed E-state index contributed by atoms with van der Waals surface area (Å²) < 4.78 is 5.69. The van der Waals surface area contributed by atoms with Gasteiger partial charge in [0.15, 0.2) is 0 Å². The fourth-order valence-electron chi connectivity index (χ4n) is 3.83. The number of piperidine rings is 1. The van der Waals surface area contributed by atoms with E-state index in [1.54, 1.807) is 53.4 Å². The highest BCUT2D eigenvalue weighted by Crippen LogP contribution is 2.20. The smallest absolute Gasteiger partial charge is 0.269 e. The molecule has 2 aromatic rings. The van der Waals surface area contributed by atoms with E-state index in [0.29, 0.717) is 48.7 Å². The van der Waals surface area contributed by atoms with E-state index < -0.39 is 5.91 Å². The maximum absolute atomic E-state index is 12.6. The highest BCUT2D eigenvalue weighted by Gasteiger charge is 2.28. The number of nitrogens with one attached hydrogen (secondary N) is 2. The molecule has 3 amide bonds. The third-order valence-corrected chi connectivity index (χ3v) is 6.18. The molecule has 0 spiro atoms.